The van der Waals surface area contributed by atoms with Crippen molar-refractivity contribution in [1.82, 2.24) is 14.8 Å². The largest absolute Gasteiger partial charge is 0.416 e. The van der Waals surface area contributed by atoms with Crippen LogP contribution in [0.2, 0.25) is 0 Å². The second-order valence-corrected chi connectivity index (χ2v) is 6.41. The van der Waals surface area contributed by atoms with Gasteiger partial charge in [-0.05, 0) is 38.1 Å². The van der Waals surface area contributed by atoms with Crippen molar-refractivity contribution in [3.63, 3.8) is 0 Å². The van der Waals surface area contributed by atoms with Gasteiger partial charge < -0.3 is 0 Å². The van der Waals surface area contributed by atoms with Crippen LogP contribution in [-0.2, 0) is 16.2 Å². The molecule has 1 aromatic heterocycles. The summed E-state index contributed by atoms with van der Waals surface area (Å²) in [5, 5.41) is 0. The minimum absolute atomic E-state index is 0.00180. The number of benzene rings is 1. The van der Waals surface area contributed by atoms with Crippen molar-refractivity contribution in [3.05, 3.63) is 47.3 Å². The summed E-state index contributed by atoms with van der Waals surface area (Å²) >= 11 is 0. The van der Waals surface area contributed by atoms with E-state index in [9.17, 15) is 21.6 Å². The molecule has 2 rings (SSSR count). The van der Waals surface area contributed by atoms with Crippen molar-refractivity contribution in [3.8, 4) is 0 Å². The van der Waals surface area contributed by atoms with Crippen molar-refractivity contribution < 1.29 is 21.6 Å². The van der Waals surface area contributed by atoms with Crippen LogP contribution in [0.25, 0.3) is 0 Å². The maximum atomic E-state index is 12.6. The Balaban J connectivity index is 2.22. The van der Waals surface area contributed by atoms with Crippen LogP contribution in [0.1, 0.15) is 17.0 Å². The van der Waals surface area contributed by atoms with Crippen LogP contribution in [0.5, 0.6) is 0 Å². The molecule has 2 aromatic rings. The van der Waals surface area contributed by atoms with Crippen LogP contribution < -0.4 is 10.3 Å². The molecule has 0 spiro atoms. The monoisotopic (exact) mass is 346 g/mol. The van der Waals surface area contributed by atoms with Crippen molar-refractivity contribution in [2.45, 2.75) is 24.9 Å². The van der Waals surface area contributed by atoms with Gasteiger partial charge in [-0.2, -0.15) is 13.2 Å². The van der Waals surface area contributed by atoms with Gasteiger partial charge in [-0.3, -0.25) is 5.43 Å². The highest BCUT2D eigenvalue weighted by Crippen LogP contribution is 2.30. The number of sulfonamides is 1. The highest BCUT2D eigenvalue weighted by Gasteiger charge is 2.31. The molecule has 0 radical (unpaired) electrons. The number of anilines is 1. The Labute approximate surface area is 130 Å². The summed E-state index contributed by atoms with van der Waals surface area (Å²) in [6.45, 7) is 3.39. The van der Waals surface area contributed by atoms with E-state index in [4.69, 9.17) is 0 Å². The van der Waals surface area contributed by atoms with Gasteiger partial charge in [0.1, 0.15) is 0 Å². The van der Waals surface area contributed by atoms with Gasteiger partial charge in [0, 0.05) is 11.4 Å². The van der Waals surface area contributed by atoms with Crippen LogP contribution in [0.15, 0.2) is 35.2 Å². The summed E-state index contributed by atoms with van der Waals surface area (Å²) in [5.41, 5.74) is 2.45. The number of alkyl halides is 3. The van der Waals surface area contributed by atoms with E-state index in [1.54, 1.807) is 19.9 Å². The second kappa shape index (κ2) is 6.13. The molecule has 0 amide bonds. The average Bonchev–Trinajstić information content (AvgIpc) is 2.44. The lowest BCUT2D eigenvalue weighted by Gasteiger charge is -2.11. The molecule has 1 aromatic carbocycles. The predicted octanol–water partition coefficient (Wildman–Crippen LogP) is 2.42. The molecular weight excluding hydrogens is 333 g/mol. The average molecular weight is 346 g/mol. The normalized spacial score (nSPS) is 12.2. The Morgan fingerprint density at radius 1 is 1.04 bits per heavy atom. The lowest BCUT2D eigenvalue weighted by Crippen LogP contribution is -2.30. The van der Waals surface area contributed by atoms with Crippen LogP contribution in [0.3, 0.4) is 0 Å². The van der Waals surface area contributed by atoms with E-state index >= 15 is 0 Å². The maximum absolute atomic E-state index is 12.6. The van der Waals surface area contributed by atoms with E-state index in [0.29, 0.717) is 17.5 Å². The summed E-state index contributed by atoms with van der Waals surface area (Å²) in [6.07, 6.45) is -4.63. The van der Waals surface area contributed by atoms with Crippen molar-refractivity contribution in [2.75, 3.05) is 5.43 Å². The van der Waals surface area contributed by atoms with Crippen molar-refractivity contribution in [2.24, 2.45) is 0 Å². The van der Waals surface area contributed by atoms with Crippen LogP contribution in [0, 0.1) is 13.8 Å². The molecule has 124 valence electrons. The molecule has 0 atom stereocenters. The number of hydrazine groups is 1. The number of halogens is 3. The molecular formula is C13H13F3N4O2S. The lowest BCUT2D eigenvalue weighted by molar-refractivity contribution is -0.137. The van der Waals surface area contributed by atoms with E-state index in [0.717, 1.165) is 18.2 Å². The van der Waals surface area contributed by atoms with Gasteiger partial charge in [0.2, 0.25) is 5.95 Å². The van der Waals surface area contributed by atoms with Crippen LogP contribution >= 0.6 is 0 Å². The Morgan fingerprint density at radius 3 is 2.22 bits per heavy atom. The van der Waals surface area contributed by atoms with E-state index < -0.39 is 26.7 Å². The third-order valence-electron chi connectivity index (χ3n) is 2.75. The minimum Gasteiger partial charge on any atom is -0.276 e. The highest BCUT2D eigenvalue weighted by atomic mass is 32.2. The van der Waals surface area contributed by atoms with Gasteiger partial charge >= 0.3 is 6.18 Å². The third-order valence-corrected chi connectivity index (χ3v) is 4.00. The quantitative estimate of drug-likeness (QED) is 0.831. The van der Waals surface area contributed by atoms with E-state index in [1.807, 2.05) is 4.83 Å². The van der Waals surface area contributed by atoms with Gasteiger partial charge in [-0.25, -0.2) is 18.4 Å². The third kappa shape index (κ3) is 4.39. The molecule has 0 fully saturated rings. The molecule has 6 nitrogen and oxygen atoms in total. The van der Waals surface area contributed by atoms with Crippen molar-refractivity contribution >= 4 is 16.0 Å². The number of rotatable bonds is 4. The molecule has 0 saturated heterocycles. The minimum atomic E-state index is -4.63. The topological polar surface area (TPSA) is 84.0 Å². The molecule has 2 N–H and O–H groups in total. The smallest absolute Gasteiger partial charge is 0.276 e. The van der Waals surface area contributed by atoms with Gasteiger partial charge in [0.25, 0.3) is 10.0 Å². The van der Waals surface area contributed by atoms with E-state index in [1.165, 1.54) is 0 Å². The van der Waals surface area contributed by atoms with Crippen LogP contribution in [-0.4, -0.2) is 18.4 Å². The summed E-state index contributed by atoms with van der Waals surface area (Å²) < 4.78 is 62.1. The maximum Gasteiger partial charge on any atom is 0.416 e. The molecule has 0 aliphatic carbocycles. The molecule has 0 saturated carbocycles. The molecule has 10 heteroatoms. The SMILES string of the molecule is Cc1cc(C)nc(NNS(=O)(=O)c2cccc(C(F)(F)F)c2)n1. The summed E-state index contributed by atoms with van der Waals surface area (Å²) in [5.74, 6) is -0.00180. The van der Waals surface area contributed by atoms with Crippen molar-refractivity contribution in [1.29, 1.82) is 0 Å². The molecule has 0 unspecified atom stereocenters. The Hall–Kier alpha value is -2.20. The number of hydrogen-bond donors (Lipinski definition) is 2. The summed E-state index contributed by atoms with van der Waals surface area (Å²) in [4.78, 5) is 9.35. The molecule has 0 aliphatic rings. The predicted molar refractivity (Wildman–Crippen MR) is 76.9 cm³/mol. The molecule has 23 heavy (non-hydrogen) atoms. The Kier molecular flexibility index (Phi) is 4.57. The Bertz CT molecular complexity index is 802. The zero-order valence-corrected chi connectivity index (χ0v) is 13.0. The van der Waals surface area contributed by atoms with Gasteiger partial charge in [0.05, 0.1) is 10.5 Å². The van der Waals surface area contributed by atoms with E-state index in [-0.39, 0.29) is 5.95 Å². The summed E-state index contributed by atoms with van der Waals surface area (Å²) in [6, 6.07) is 5.10. The molecule has 0 aliphatic heterocycles. The Morgan fingerprint density at radius 2 is 1.65 bits per heavy atom. The van der Waals surface area contributed by atoms with Gasteiger partial charge in [-0.15, -0.1) is 4.83 Å². The number of aromatic nitrogens is 2. The highest BCUT2D eigenvalue weighted by molar-refractivity contribution is 7.89. The molecule has 1 heterocycles. The first kappa shape index (κ1) is 17.2. The fourth-order valence-electron chi connectivity index (χ4n) is 1.79. The molecule has 0 bridgehead atoms. The second-order valence-electron chi connectivity index (χ2n) is 4.73. The first-order valence-corrected chi connectivity index (χ1v) is 7.83. The first-order chi connectivity index (χ1) is 10.6. The number of hydrogen-bond acceptors (Lipinski definition) is 5. The van der Waals surface area contributed by atoms with E-state index in [2.05, 4.69) is 15.4 Å². The van der Waals surface area contributed by atoms with Gasteiger partial charge in [-0.1, -0.05) is 6.07 Å². The summed E-state index contributed by atoms with van der Waals surface area (Å²) in [7, 11) is -4.21. The lowest BCUT2D eigenvalue weighted by atomic mass is 10.2. The number of nitrogens with one attached hydrogen (secondary N) is 2. The zero-order valence-electron chi connectivity index (χ0n) is 12.1. The number of aryl methyl sites for hydroxylation is 2. The van der Waals surface area contributed by atoms with Crippen LogP contribution in [0.4, 0.5) is 19.1 Å². The number of nitrogens with zero attached hydrogens (tertiary/aromatic N) is 2. The standard InChI is InChI=1S/C13H13F3N4O2S/c1-8-6-9(2)18-12(17-8)19-20-23(21,22)11-5-3-4-10(7-11)13(14,15)16/h3-7,20H,1-2H3,(H,17,18,19). The van der Waals surface area contributed by atoms with Gasteiger partial charge in [0.15, 0.2) is 0 Å². The fraction of sp³-hybridized carbons (Fsp3) is 0.231. The zero-order chi connectivity index (χ0) is 17.3. The first-order valence-electron chi connectivity index (χ1n) is 6.35. The fourth-order valence-corrected chi connectivity index (χ4v) is 2.68.